The molecular formula is C40H28N4. The lowest BCUT2D eigenvalue weighted by Gasteiger charge is -2.14. The first kappa shape index (κ1) is 24.8. The highest BCUT2D eigenvalue weighted by Crippen LogP contribution is 2.41. The third kappa shape index (κ3) is 3.78. The van der Waals surface area contributed by atoms with Crippen LogP contribution >= 0.6 is 0 Å². The first-order valence-electron chi connectivity index (χ1n) is 15.2. The Kier molecular flexibility index (Phi) is 5.60. The lowest BCUT2D eigenvalue weighted by Crippen LogP contribution is -2.06. The van der Waals surface area contributed by atoms with E-state index in [1.165, 1.54) is 27.1 Å². The van der Waals surface area contributed by atoms with E-state index in [1.807, 2.05) is 6.07 Å². The molecular weight excluding hydrogens is 536 g/mol. The van der Waals surface area contributed by atoms with Crippen LogP contribution in [0.2, 0.25) is 0 Å². The zero-order chi connectivity index (χ0) is 29.0. The second-order valence-corrected chi connectivity index (χ2v) is 11.3. The molecule has 0 spiro atoms. The molecule has 3 heterocycles. The number of rotatable bonds is 4. The number of allylic oxidation sites excluding steroid dienone is 4. The Balaban J connectivity index is 1.47. The van der Waals surface area contributed by atoms with Crippen LogP contribution in [0.1, 0.15) is 18.5 Å². The summed E-state index contributed by atoms with van der Waals surface area (Å²) in [7, 11) is 0. The average Bonchev–Trinajstić information content (AvgIpc) is 3.62. The summed E-state index contributed by atoms with van der Waals surface area (Å²) in [5.74, 6) is 0.671. The zero-order valence-corrected chi connectivity index (χ0v) is 24.1. The van der Waals surface area contributed by atoms with Crippen molar-refractivity contribution in [3.8, 4) is 22.9 Å². The summed E-state index contributed by atoms with van der Waals surface area (Å²) < 4.78 is 4.69. The van der Waals surface area contributed by atoms with Gasteiger partial charge in [0.15, 0.2) is 0 Å². The lowest BCUT2D eigenvalue weighted by molar-refractivity contribution is 0.977. The summed E-state index contributed by atoms with van der Waals surface area (Å²) in [4.78, 5) is 10.6. The topological polar surface area (TPSA) is 35.6 Å². The van der Waals surface area contributed by atoms with Gasteiger partial charge in [-0.1, -0.05) is 115 Å². The summed E-state index contributed by atoms with van der Waals surface area (Å²) in [5, 5.41) is 4.79. The van der Waals surface area contributed by atoms with Crippen LogP contribution in [-0.2, 0) is 0 Å². The van der Waals surface area contributed by atoms with Crippen LogP contribution < -0.4 is 0 Å². The zero-order valence-electron chi connectivity index (χ0n) is 24.1. The van der Waals surface area contributed by atoms with Gasteiger partial charge in [-0.2, -0.15) is 0 Å². The van der Waals surface area contributed by atoms with Gasteiger partial charge < -0.3 is 4.57 Å². The number of hydrogen-bond donors (Lipinski definition) is 0. The van der Waals surface area contributed by atoms with Gasteiger partial charge in [0.25, 0.3) is 0 Å². The fourth-order valence-electron chi connectivity index (χ4n) is 6.80. The van der Waals surface area contributed by atoms with Gasteiger partial charge in [-0.3, -0.25) is 4.57 Å². The van der Waals surface area contributed by atoms with Gasteiger partial charge in [-0.15, -0.1) is 0 Å². The first-order chi connectivity index (χ1) is 21.8. The molecule has 0 atom stereocenters. The van der Waals surface area contributed by atoms with E-state index >= 15 is 0 Å². The van der Waals surface area contributed by atoms with Crippen molar-refractivity contribution < 1.29 is 0 Å². The fourth-order valence-corrected chi connectivity index (χ4v) is 6.80. The van der Waals surface area contributed by atoms with E-state index in [4.69, 9.17) is 9.97 Å². The van der Waals surface area contributed by atoms with Crippen LogP contribution in [0.5, 0.6) is 0 Å². The minimum absolute atomic E-state index is 0.671. The molecule has 4 nitrogen and oxygen atoms in total. The third-order valence-electron chi connectivity index (χ3n) is 8.76. The minimum atomic E-state index is 0.671. The molecule has 3 aromatic heterocycles. The maximum absolute atomic E-state index is 5.31. The quantitative estimate of drug-likeness (QED) is 0.213. The number of aromatic nitrogens is 4. The molecule has 0 saturated heterocycles. The molecule has 5 aromatic carbocycles. The summed E-state index contributed by atoms with van der Waals surface area (Å²) in [6, 6.07) is 45.1. The van der Waals surface area contributed by atoms with Gasteiger partial charge in [0.1, 0.15) is 0 Å². The molecule has 1 aliphatic rings. The summed E-state index contributed by atoms with van der Waals surface area (Å²) >= 11 is 0. The molecule has 0 fully saturated rings. The molecule has 9 rings (SSSR count). The molecule has 0 aliphatic heterocycles. The minimum Gasteiger partial charge on any atom is -0.307 e. The van der Waals surface area contributed by atoms with Crippen molar-refractivity contribution in [3.05, 3.63) is 151 Å². The molecule has 0 N–H and O–H groups in total. The predicted molar refractivity (Wildman–Crippen MR) is 182 cm³/mol. The number of nitrogens with zero attached hydrogens (tertiary/aromatic N) is 4. The lowest BCUT2D eigenvalue weighted by atomic mass is 10.0. The van der Waals surface area contributed by atoms with Crippen LogP contribution in [0.4, 0.5) is 0 Å². The summed E-state index contributed by atoms with van der Waals surface area (Å²) in [5.41, 5.74) is 9.70. The highest BCUT2D eigenvalue weighted by molar-refractivity contribution is 6.23. The van der Waals surface area contributed by atoms with E-state index in [1.54, 1.807) is 0 Å². The smallest absolute Gasteiger partial charge is 0.235 e. The normalized spacial score (nSPS) is 13.3. The predicted octanol–water partition coefficient (Wildman–Crippen LogP) is 10.1. The SMILES string of the molecule is C1=CC(c2cc(-c3ccccc3)nc(-n3c4ccccc4c4ccc5c6ccccc6n(-c6ccccc6)c5c43)n2)=CCC1. The second kappa shape index (κ2) is 9.92. The van der Waals surface area contributed by atoms with Gasteiger partial charge >= 0.3 is 0 Å². The Morgan fingerprint density at radius 1 is 0.500 bits per heavy atom. The van der Waals surface area contributed by atoms with Gasteiger partial charge in [0.2, 0.25) is 5.95 Å². The molecule has 0 saturated carbocycles. The Morgan fingerprint density at radius 2 is 1.09 bits per heavy atom. The van der Waals surface area contributed by atoms with Crippen LogP contribution in [0.15, 0.2) is 146 Å². The molecule has 208 valence electrons. The Morgan fingerprint density at radius 3 is 1.77 bits per heavy atom. The fraction of sp³-hybridized carbons (Fsp3) is 0.0500. The summed E-state index contributed by atoms with van der Waals surface area (Å²) in [6.07, 6.45) is 8.79. The van der Waals surface area contributed by atoms with Gasteiger partial charge in [-0.05, 0) is 48.7 Å². The van der Waals surface area contributed by atoms with Crippen molar-refractivity contribution in [2.24, 2.45) is 0 Å². The van der Waals surface area contributed by atoms with Crippen molar-refractivity contribution in [1.29, 1.82) is 0 Å². The first-order valence-corrected chi connectivity index (χ1v) is 15.2. The Labute approximate surface area is 254 Å². The van der Waals surface area contributed by atoms with Crippen LogP contribution in [0.3, 0.4) is 0 Å². The van der Waals surface area contributed by atoms with E-state index in [0.29, 0.717) is 5.95 Å². The van der Waals surface area contributed by atoms with E-state index in [2.05, 4.69) is 149 Å². The maximum Gasteiger partial charge on any atom is 0.235 e. The largest absolute Gasteiger partial charge is 0.307 e. The molecule has 0 bridgehead atoms. The highest BCUT2D eigenvalue weighted by Gasteiger charge is 2.23. The van der Waals surface area contributed by atoms with E-state index in [-0.39, 0.29) is 0 Å². The Hall–Kier alpha value is -5.74. The number of fused-ring (bicyclic) bond motifs is 7. The molecule has 0 amide bonds. The van der Waals surface area contributed by atoms with Crippen molar-refractivity contribution in [1.82, 2.24) is 19.1 Å². The average molecular weight is 565 g/mol. The molecule has 0 unspecified atom stereocenters. The van der Waals surface area contributed by atoms with Gasteiger partial charge in [0, 0.05) is 32.8 Å². The van der Waals surface area contributed by atoms with Crippen LogP contribution in [0, 0.1) is 0 Å². The van der Waals surface area contributed by atoms with Crippen molar-refractivity contribution >= 4 is 49.2 Å². The maximum atomic E-state index is 5.31. The highest BCUT2D eigenvalue weighted by atomic mass is 15.2. The van der Waals surface area contributed by atoms with Crippen LogP contribution in [-0.4, -0.2) is 19.1 Å². The number of para-hydroxylation sites is 3. The van der Waals surface area contributed by atoms with Gasteiger partial charge in [0.05, 0.1) is 33.5 Å². The van der Waals surface area contributed by atoms with E-state index < -0.39 is 0 Å². The molecule has 8 aromatic rings. The van der Waals surface area contributed by atoms with Gasteiger partial charge in [-0.25, -0.2) is 9.97 Å². The van der Waals surface area contributed by atoms with E-state index in [0.717, 1.165) is 57.6 Å². The van der Waals surface area contributed by atoms with Crippen molar-refractivity contribution in [2.75, 3.05) is 0 Å². The van der Waals surface area contributed by atoms with Crippen LogP contribution in [0.25, 0.3) is 72.1 Å². The van der Waals surface area contributed by atoms with Crippen molar-refractivity contribution in [2.45, 2.75) is 12.8 Å². The third-order valence-corrected chi connectivity index (χ3v) is 8.76. The summed E-state index contributed by atoms with van der Waals surface area (Å²) in [6.45, 7) is 0. The molecule has 44 heavy (non-hydrogen) atoms. The standard InChI is InChI=1S/C40H28N4/c1-4-14-27(15-5-1)34-26-35(28-16-6-2-7-17-28)42-40(41-34)44-37-23-13-11-21-31(37)33-25-24-32-30-20-10-12-22-36(30)43(38(32)39(33)44)29-18-8-3-9-19-29/h1,3-6,8-26H,2,7H2. The monoisotopic (exact) mass is 564 g/mol. The number of hydrogen-bond acceptors (Lipinski definition) is 2. The van der Waals surface area contributed by atoms with Crippen molar-refractivity contribution in [3.63, 3.8) is 0 Å². The Bertz CT molecular complexity index is 2430. The second-order valence-electron chi connectivity index (χ2n) is 11.3. The van der Waals surface area contributed by atoms with E-state index in [9.17, 15) is 0 Å². The molecule has 4 heteroatoms. The molecule has 0 radical (unpaired) electrons. The molecule has 1 aliphatic carbocycles. The number of benzene rings is 5.